The standard InChI is InChI=1S/C24H42O9Si/c1-34(2,3)33-22-20-31-18-16-29-14-12-27-10-9-26-11-13-28-15-17-30-19-21-32-24(25)23-7-5-4-6-8-23/h4-8H,9-22H2,1-3H3. The lowest BCUT2D eigenvalue weighted by molar-refractivity contribution is -0.0202. The molecule has 1 aromatic rings. The fraction of sp³-hybridized carbons (Fsp3) is 0.708. The van der Waals surface area contributed by atoms with E-state index >= 15 is 0 Å². The van der Waals surface area contributed by atoms with Crippen LogP contribution in [0.4, 0.5) is 0 Å². The Morgan fingerprint density at radius 3 is 1.29 bits per heavy atom. The third kappa shape index (κ3) is 20.0. The first-order chi connectivity index (χ1) is 16.5. The topological polar surface area (TPSA) is 90.9 Å². The van der Waals surface area contributed by atoms with E-state index in [0.717, 1.165) is 0 Å². The molecule has 0 atom stereocenters. The minimum Gasteiger partial charge on any atom is -0.460 e. The fourth-order valence-corrected chi connectivity index (χ4v) is 3.15. The summed E-state index contributed by atoms with van der Waals surface area (Å²) in [6, 6.07) is 8.87. The quantitative estimate of drug-likeness (QED) is 0.127. The first-order valence-electron chi connectivity index (χ1n) is 11.8. The van der Waals surface area contributed by atoms with E-state index in [1.165, 1.54) is 0 Å². The number of carbonyl (C=O) groups is 1. The summed E-state index contributed by atoms with van der Waals surface area (Å²) < 4.78 is 43.4. The van der Waals surface area contributed by atoms with Gasteiger partial charge < -0.3 is 37.6 Å². The van der Waals surface area contributed by atoms with Gasteiger partial charge in [0.15, 0.2) is 8.32 Å². The van der Waals surface area contributed by atoms with Crippen LogP contribution < -0.4 is 0 Å². The smallest absolute Gasteiger partial charge is 0.338 e. The molecule has 196 valence electrons. The molecule has 9 nitrogen and oxygen atoms in total. The third-order valence-corrected chi connectivity index (χ3v) is 5.16. The highest BCUT2D eigenvalue weighted by atomic mass is 28.4. The van der Waals surface area contributed by atoms with Crippen molar-refractivity contribution in [1.29, 1.82) is 0 Å². The molecule has 1 rings (SSSR count). The van der Waals surface area contributed by atoms with Gasteiger partial charge in [-0.15, -0.1) is 0 Å². The average Bonchev–Trinajstić information content (AvgIpc) is 2.82. The van der Waals surface area contributed by atoms with Gasteiger partial charge in [0.05, 0.1) is 91.5 Å². The van der Waals surface area contributed by atoms with E-state index in [4.69, 9.17) is 37.6 Å². The monoisotopic (exact) mass is 502 g/mol. The van der Waals surface area contributed by atoms with Crippen molar-refractivity contribution in [1.82, 2.24) is 0 Å². The van der Waals surface area contributed by atoms with Crippen LogP contribution >= 0.6 is 0 Å². The second-order valence-electron chi connectivity index (χ2n) is 8.14. The van der Waals surface area contributed by atoms with Crippen LogP contribution in [0.1, 0.15) is 10.4 Å². The Morgan fingerprint density at radius 2 is 0.912 bits per heavy atom. The van der Waals surface area contributed by atoms with Crippen molar-refractivity contribution in [3.63, 3.8) is 0 Å². The second-order valence-corrected chi connectivity index (χ2v) is 12.7. The van der Waals surface area contributed by atoms with Crippen LogP contribution in [0.5, 0.6) is 0 Å². The van der Waals surface area contributed by atoms with Crippen molar-refractivity contribution in [2.75, 3.05) is 92.5 Å². The number of ether oxygens (including phenoxy) is 7. The molecule has 0 bridgehead atoms. The summed E-state index contributed by atoms with van der Waals surface area (Å²) in [5.41, 5.74) is 0.532. The van der Waals surface area contributed by atoms with Gasteiger partial charge in [0.1, 0.15) is 6.61 Å². The van der Waals surface area contributed by atoms with Crippen LogP contribution in [0, 0.1) is 0 Å². The van der Waals surface area contributed by atoms with Gasteiger partial charge in [-0.3, -0.25) is 0 Å². The zero-order valence-electron chi connectivity index (χ0n) is 21.0. The van der Waals surface area contributed by atoms with Gasteiger partial charge in [-0.1, -0.05) is 18.2 Å². The Balaban J connectivity index is 1.70. The number of esters is 1. The molecular formula is C24H42O9Si. The van der Waals surface area contributed by atoms with E-state index in [-0.39, 0.29) is 12.6 Å². The number of hydrogen-bond donors (Lipinski definition) is 0. The minimum absolute atomic E-state index is 0.212. The molecule has 0 saturated heterocycles. The molecule has 0 radical (unpaired) electrons. The maximum Gasteiger partial charge on any atom is 0.338 e. The van der Waals surface area contributed by atoms with E-state index in [9.17, 15) is 4.79 Å². The average molecular weight is 503 g/mol. The van der Waals surface area contributed by atoms with Crippen LogP contribution in [0.15, 0.2) is 30.3 Å². The molecule has 0 aliphatic rings. The summed E-state index contributed by atoms with van der Waals surface area (Å²) in [5.74, 6) is -0.349. The number of rotatable bonds is 23. The molecule has 0 aliphatic heterocycles. The van der Waals surface area contributed by atoms with Crippen molar-refractivity contribution >= 4 is 14.3 Å². The Kier molecular flexibility index (Phi) is 18.9. The van der Waals surface area contributed by atoms with Crippen LogP contribution in [0.2, 0.25) is 19.6 Å². The Morgan fingerprint density at radius 1 is 0.559 bits per heavy atom. The second kappa shape index (κ2) is 21.0. The molecule has 34 heavy (non-hydrogen) atoms. The Hall–Kier alpha value is -1.37. The first kappa shape index (κ1) is 30.7. The van der Waals surface area contributed by atoms with Crippen LogP contribution in [-0.4, -0.2) is 107 Å². The predicted molar refractivity (Wildman–Crippen MR) is 131 cm³/mol. The predicted octanol–water partition coefficient (Wildman–Crippen LogP) is 2.79. The highest BCUT2D eigenvalue weighted by Gasteiger charge is 2.13. The Bertz CT molecular complexity index is 596. The minimum atomic E-state index is -1.45. The summed E-state index contributed by atoms with van der Waals surface area (Å²) in [6.07, 6.45) is 0. The zero-order chi connectivity index (χ0) is 24.7. The molecule has 10 heteroatoms. The summed E-state index contributed by atoms with van der Waals surface area (Å²) in [6.45, 7) is 13.3. The number of hydrogen-bond acceptors (Lipinski definition) is 9. The maximum atomic E-state index is 11.7. The van der Waals surface area contributed by atoms with Gasteiger partial charge in [0.2, 0.25) is 0 Å². The maximum absolute atomic E-state index is 11.7. The van der Waals surface area contributed by atoms with Gasteiger partial charge in [0, 0.05) is 0 Å². The van der Waals surface area contributed by atoms with E-state index in [2.05, 4.69) is 19.6 Å². The first-order valence-corrected chi connectivity index (χ1v) is 15.2. The van der Waals surface area contributed by atoms with E-state index < -0.39 is 8.32 Å². The molecule has 0 amide bonds. The lowest BCUT2D eigenvalue weighted by Crippen LogP contribution is -2.27. The summed E-state index contributed by atoms with van der Waals surface area (Å²) in [4.78, 5) is 11.7. The summed E-state index contributed by atoms with van der Waals surface area (Å²) in [5, 5.41) is 0. The SMILES string of the molecule is C[Si](C)(C)OCCOCCOCCOCCOCCOCCOCCOC(=O)c1ccccc1. The third-order valence-electron chi connectivity index (χ3n) is 4.09. The molecule has 0 fully saturated rings. The van der Waals surface area contributed by atoms with Crippen LogP contribution in [0.3, 0.4) is 0 Å². The lowest BCUT2D eigenvalue weighted by atomic mass is 10.2. The highest BCUT2D eigenvalue weighted by Crippen LogP contribution is 2.01. The number of benzene rings is 1. The van der Waals surface area contributed by atoms with E-state index in [1.54, 1.807) is 24.3 Å². The zero-order valence-corrected chi connectivity index (χ0v) is 22.0. The van der Waals surface area contributed by atoms with Crippen LogP contribution in [0.25, 0.3) is 0 Å². The van der Waals surface area contributed by atoms with Gasteiger partial charge >= 0.3 is 5.97 Å². The molecule has 0 heterocycles. The molecule has 0 aromatic heterocycles. The van der Waals surface area contributed by atoms with Gasteiger partial charge in [-0.25, -0.2) is 4.79 Å². The number of carbonyl (C=O) groups excluding carboxylic acids is 1. The molecule has 0 spiro atoms. The van der Waals surface area contributed by atoms with Crippen molar-refractivity contribution in [3.05, 3.63) is 35.9 Å². The van der Waals surface area contributed by atoms with E-state index in [1.807, 2.05) is 6.07 Å². The lowest BCUT2D eigenvalue weighted by Gasteiger charge is -2.16. The molecule has 0 N–H and O–H groups in total. The van der Waals surface area contributed by atoms with Gasteiger partial charge in [0.25, 0.3) is 0 Å². The van der Waals surface area contributed by atoms with Crippen molar-refractivity contribution < 1.29 is 42.4 Å². The highest BCUT2D eigenvalue weighted by molar-refractivity contribution is 6.69. The van der Waals surface area contributed by atoms with Crippen molar-refractivity contribution in [2.45, 2.75) is 19.6 Å². The molecular weight excluding hydrogens is 460 g/mol. The largest absolute Gasteiger partial charge is 0.460 e. The van der Waals surface area contributed by atoms with Crippen molar-refractivity contribution in [2.24, 2.45) is 0 Å². The summed E-state index contributed by atoms with van der Waals surface area (Å²) >= 11 is 0. The fourth-order valence-electron chi connectivity index (χ4n) is 2.46. The Labute approximate surface area is 205 Å². The molecule has 1 aromatic carbocycles. The molecule has 0 unspecified atom stereocenters. The van der Waals surface area contributed by atoms with Gasteiger partial charge in [-0.2, -0.15) is 0 Å². The van der Waals surface area contributed by atoms with Crippen molar-refractivity contribution in [3.8, 4) is 0 Å². The normalized spacial score (nSPS) is 11.6. The van der Waals surface area contributed by atoms with E-state index in [0.29, 0.717) is 91.5 Å². The van der Waals surface area contributed by atoms with Gasteiger partial charge in [-0.05, 0) is 31.8 Å². The van der Waals surface area contributed by atoms with Crippen LogP contribution in [-0.2, 0) is 37.6 Å². The molecule has 0 aliphatic carbocycles. The summed E-state index contributed by atoms with van der Waals surface area (Å²) in [7, 11) is -1.45. The molecule has 0 saturated carbocycles.